The second-order valence-electron chi connectivity index (χ2n) is 4.47. The maximum atomic E-state index is 12.0. The van der Waals surface area contributed by atoms with Crippen LogP contribution in [0.3, 0.4) is 0 Å². The van der Waals surface area contributed by atoms with Crippen LogP contribution in [-0.2, 0) is 4.79 Å². The van der Waals surface area contributed by atoms with Crippen molar-refractivity contribution in [3.63, 3.8) is 0 Å². The van der Waals surface area contributed by atoms with Crippen LogP contribution in [0.4, 0.5) is 0 Å². The van der Waals surface area contributed by atoms with Crippen molar-refractivity contribution in [1.29, 1.82) is 0 Å². The Bertz CT molecular complexity index is 411. The highest BCUT2D eigenvalue weighted by Gasteiger charge is 2.11. The van der Waals surface area contributed by atoms with Gasteiger partial charge >= 0.3 is 0 Å². The van der Waals surface area contributed by atoms with Crippen LogP contribution in [0, 0.1) is 6.92 Å². The number of benzene rings is 1. The lowest BCUT2D eigenvalue weighted by molar-refractivity contribution is -0.127. The number of thioether (sulfide) groups is 1. The summed E-state index contributed by atoms with van der Waals surface area (Å²) < 4.78 is 0. The smallest absolute Gasteiger partial charge is 0.233 e. The van der Waals surface area contributed by atoms with E-state index in [0.29, 0.717) is 12.3 Å². The predicted octanol–water partition coefficient (Wildman–Crippen LogP) is 3.51. The zero-order chi connectivity index (χ0) is 13.5. The molecule has 18 heavy (non-hydrogen) atoms. The average molecular weight is 263 g/mol. The molecular formula is C15H21NOS. The van der Waals surface area contributed by atoms with Crippen molar-refractivity contribution >= 4 is 17.7 Å². The van der Waals surface area contributed by atoms with Gasteiger partial charge in [0, 0.05) is 18.0 Å². The van der Waals surface area contributed by atoms with E-state index in [0.717, 1.165) is 17.0 Å². The quantitative estimate of drug-likeness (QED) is 0.578. The minimum atomic E-state index is 0.172. The molecule has 0 spiro atoms. The first-order chi connectivity index (χ1) is 8.52. The van der Waals surface area contributed by atoms with E-state index in [9.17, 15) is 4.79 Å². The summed E-state index contributed by atoms with van der Waals surface area (Å²) in [6.45, 7) is 11.3. The highest BCUT2D eigenvalue weighted by molar-refractivity contribution is 8.00. The molecule has 0 aliphatic carbocycles. The molecule has 0 atom stereocenters. The van der Waals surface area contributed by atoms with Gasteiger partial charge in [-0.15, -0.1) is 11.8 Å². The van der Waals surface area contributed by atoms with Crippen LogP contribution in [0.15, 0.2) is 41.3 Å². The summed E-state index contributed by atoms with van der Waals surface area (Å²) in [4.78, 5) is 15.0. The van der Waals surface area contributed by atoms with Crippen molar-refractivity contribution in [2.75, 3.05) is 18.8 Å². The van der Waals surface area contributed by atoms with E-state index in [4.69, 9.17) is 0 Å². The fourth-order valence-corrected chi connectivity index (χ4v) is 2.37. The van der Waals surface area contributed by atoms with Gasteiger partial charge in [-0.25, -0.2) is 0 Å². The van der Waals surface area contributed by atoms with Crippen LogP contribution < -0.4 is 0 Å². The zero-order valence-electron chi connectivity index (χ0n) is 11.4. The van der Waals surface area contributed by atoms with Crippen LogP contribution in [-0.4, -0.2) is 29.6 Å². The van der Waals surface area contributed by atoms with Crippen molar-refractivity contribution in [1.82, 2.24) is 4.90 Å². The fraction of sp³-hybridized carbons (Fsp3) is 0.400. The Morgan fingerprint density at radius 3 is 2.44 bits per heavy atom. The van der Waals surface area contributed by atoms with E-state index >= 15 is 0 Å². The molecule has 0 unspecified atom stereocenters. The second kappa shape index (κ2) is 7.27. The van der Waals surface area contributed by atoms with Crippen molar-refractivity contribution in [3.8, 4) is 0 Å². The van der Waals surface area contributed by atoms with E-state index in [1.807, 2.05) is 18.7 Å². The number of likely N-dealkylation sites (N-methyl/N-ethyl adjacent to an activating group) is 1. The molecule has 1 amide bonds. The Kier molecular flexibility index (Phi) is 5.99. The zero-order valence-corrected chi connectivity index (χ0v) is 12.2. The lowest BCUT2D eigenvalue weighted by Gasteiger charge is -2.20. The molecule has 0 heterocycles. The van der Waals surface area contributed by atoms with Crippen molar-refractivity contribution in [2.24, 2.45) is 0 Å². The molecule has 0 aromatic heterocycles. The Balaban J connectivity index is 2.49. The van der Waals surface area contributed by atoms with Crippen molar-refractivity contribution in [3.05, 3.63) is 42.0 Å². The average Bonchev–Trinajstić information content (AvgIpc) is 2.34. The van der Waals surface area contributed by atoms with Crippen LogP contribution >= 0.6 is 11.8 Å². The molecule has 1 rings (SSSR count). The molecule has 0 N–H and O–H groups in total. The second-order valence-corrected chi connectivity index (χ2v) is 5.52. The first-order valence-electron chi connectivity index (χ1n) is 6.14. The van der Waals surface area contributed by atoms with E-state index in [1.54, 1.807) is 11.8 Å². The van der Waals surface area contributed by atoms with Crippen molar-refractivity contribution < 1.29 is 4.79 Å². The molecule has 0 fully saturated rings. The van der Waals surface area contributed by atoms with Gasteiger partial charge in [-0.3, -0.25) is 4.79 Å². The van der Waals surface area contributed by atoms with Gasteiger partial charge < -0.3 is 4.90 Å². The van der Waals surface area contributed by atoms with E-state index in [1.165, 1.54) is 5.56 Å². The summed E-state index contributed by atoms with van der Waals surface area (Å²) in [6.07, 6.45) is 0. The summed E-state index contributed by atoms with van der Waals surface area (Å²) in [5, 5.41) is 0. The van der Waals surface area contributed by atoms with Gasteiger partial charge in [-0.05, 0) is 32.9 Å². The predicted molar refractivity (Wildman–Crippen MR) is 79.0 cm³/mol. The molecule has 98 valence electrons. The third kappa shape index (κ3) is 4.96. The summed E-state index contributed by atoms with van der Waals surface area (Å²) in [5.74, 6) is 0.663. The largest absolute Gasteiger partial charge is 0.338 e. The standard InChI is InChI=1S/C15H21NOS/c1-5-16(10-12(2)3)15(17)11-18-14-8-6-13(4)7-9-14/h6-9H,2,5,10-11H2,1,3-4H3. The van der Waals surface area contributed by atoms with Gasteiger partial charge in [-0.1, -0.05) is 29.8 Å². The minimum absolute atomic E-state index is 0.172. The number of carbonyl (C=O) groups excluding carboxylic acids is 1. The van der Waals surface area contributed by atoms with Gasteiger partial charge in [0.2, 0.25) is 5.91 Å². The van der Waals surface area contributed by atoms with Crippen LogP contribution in [0.5, 0.6) is 0 Å². The Morgan fingerprint density at radius 2 is 1.94 bits per heavy atom. The number of carbonyl (C=O) groups is 1. The molecule has 0 aliphatic rings. The number of rotatable bonds is 6. The van der Waals surface area contributed by atoms with Crippen LogP contribution in [0.2, 0.25) is 0 Å². The third-order valence-corrected chi connectivity index (χ3v) is 3.58. The third-order valence-electron chi connectivity index (χ3n) is 2.58. The Hall–Kier alpha value is -1.22. The lowest BCUT2D eigenvalue weighted by Crippen LogP contribution is -2.33. The van der Waals surface area contributed by atoms with Gasteiger partial charge in [-0.2, -0.15) is 0 Å². The van der Waals surface area contributed by atoms with E-state index in [-0.39, 0.29) is 5.91 Å². The highest BCUT2D eigenvalue weighted by atomic mass is 32.2. The first kappa shape index (κ1) is 14.8. The number of amides is 1. The number of hydrogen-bond donors (Lipinski definition) is 0. The molecule has 0 bridgehead atoms. The number of aryl methyl sites for hydroxylation is 1. The van der Waals surface area contributed by atoms with Gasteiger partial charge in [0.1, 0.15) is 0 Å². The summed E-state index contributed by atoms with van der Waals surface area (Å²) in [5.41, 5.74) is 2.26. The van der Waals surface area contributed by atoms with Crippen molar-refractivity contribution in [2.45, 2.75) is 25.7 Å². The fourth-order valence-electron chi connectivity index (χ4n) is 1.57. The normalized spacial score (nSPS) is 10.2. The molecule has 2 nitrogen and oxygen atoms in total. The van der Waals surface area contributed by atoms with E-state index < -0.39 is 0 Å². The highest BCUT2D eigenvalue weighted by Crippen LogP contribution is 2.18. The summed E-state index contributed by atoms with van der Waals surface area (Å²) >= 11 is 1.59. The molecule has 0 aliphatic heterocycles. The molecule has 1 aromatic rings. The molecule has 0 radical (unpaired) electrons. The molecule has 0 saturated carbocycles. The SMILES string of the molecule is C=C(C)CN(CC)C(=O)CSc1ccc(C)cc1. The maximum absolute atomic E-state index is 12.0. The monoisotopic (exact) mass is 263 g/mol. The molecular weight excluding hydrogens is 242 g/mol. The molecule has 0 saturated heterocycles. The first-order valence-corrected chi connectivity index (χ1v) is 7.13. The summed E-state index contributed by atoms with van der Waals surface area (Å²) in [6, 6.07) is 8.25. The number of hydrogen-bond acceptors (Lipinski definition) is 2. The minimum Gasteiger partial charge on any atom is -0.338 e. The topological polar surface area (TPSA) is 20.3 Å². The summed E-state index contributed by atoms with van der Waals surface area (Å²) in [7, 11) is 0. The molecule has 1 aromatic carbocycles. The Labute approximate surface area is 114 Å². The maximum Gasteiger partial charge on any atom is 0.233 e. The van der Waals surface area contributed by atoms with E-state index in [2.05, 4.69) is 37.8 Å². The van der Waals surface area contributed by atoms with Gasteiger partial charge in [0.05, 0.1) is 5.75 Å². The van der Waals surface area contributed by atoms with Crippen LogP contribution in [0.1, 0.15) is 19.4 Å². The van der Waals surface area contributed by atoms with Gasteiger partial charge in [0.15, 0.2) is 0 Å². The molecule has 3 heteroatoms. The number of nitrogens with zero attached hydrogens (tertiary/aromatic N) is 1. The van der Waals surface area contributed by atoms with Crippen LogP contribution in [0.25, 0.3) is 0 Å². The lowest BCUT2D eigenvalue weighted by atomic mass is 10.2. The Morgan fingerprint density at radius 1 is 1.33 bits per heavy atom. The van der Waals surface area contributed by atoms with Gasteiger partial charge in [0.25, 0.3) is 0 Å².